The topological polar surface area (TPSA) is 26.8 Å². The monoisotopic (exact) mass is 321 g/mol. The van der Waals surface area contributed by atoms with Gasteiger partial charge in [0.15, 0.2) is 0 Å². The van der Waals surface area contributed by atoms with E-state index in [0.717, 1.165) is 25.6 Å². The second-order valence-electron chi connectivity index (χ2n) is 7.02. The molecule has 4 nitrogen and oxygen atoms in total. The summed E-state index contributed by atoms with van der Waals surface area (Å²) in [7, 11) is 3.69. The number of likely N-dealkylation sites (N-methyl/N-ethyl adjacent to an activating group) is 1. The standard InChI is InChI=1S/C17H27N3OS/c1-13-4-7-16(22-13)11-20-9-14-5-6-15(20)10-19(8-14)12-17(21)18(2)3/h4,7,14-15H,5-6,8-12H2,1-3H3/t14-,15+/m1/s1. The number of carbonyl (C=O) groups is 1. The molecule has 4 heterocycles. The maximum Gasteiger partial charge on any atom is 0.236 e. The summed E-state index contributed by atoms with van der Waals surface area (Å²) in [6.45, 7) is 7.14. The fraction of sp³-hybridized carbons (Fsp3) is 0.706. The summed E-state index contributed by atoms with van der Waals surface area (Å²) in [6.07, 6.45) is 2.60. The fourth-order valence-electron chi connectivity index (χ4n) is 3.70. The van der Waals surface area contributed by atoms with Gasteiger partial charge in [0, 0.05) is 56.1 Å². The van der Waals surface area contributed by atoms with E-state index in [1.54, 1.807) is 4.90 Å². The number of thiophene rings is 1. The van der Waals surface area contributed by atoms with Gasteiger partial charge in [0.2, 0.25) is 5.91 Å². The van der Waals surface area contributed by atoms with Gasteiger partial charge in [-0.1, -0.05) is 0 Å². The van der Waals surface area contributed by atoms with Crippen molar-refractivity contribution in [3.63, 3.8) is 0 Å². The number of hydrogen-bond donors (Lipinski definition) is 0. The van der Waals surface area contributed by atoms with Crippen molar-refractivity contribution in [3.8, 4) is 0 Å². The predicted octanol–water partition coefficient (Wildman–Crippen LogP) is 2.04. The molecule has 0 aromatic carbocycles. The third-order valence-corrected chi connectivity index (χ3v) is 5.90. The van der Waals surface area contributed by atoms with Gasteiger partial charge in [-0.3, -0.25) is 14.6 Å². The van der Waals surface area contributed by atoms with E-state index in [9.17, 15) is 4.79 Å². The lowest BCUT2D eigenvalue weighted by Gasteiger charge is -2.35. The third kappa shape index (κ3) is 3.70. The first-order valence-electron chi connectivity index (χ1n) is 8.23. The molecule has 0 aliphatic carbocycles. The van der Waals surface area contributed by atoms with Crippen LogP contribution in [0.1, 0.15) is 22.6 Å². The molecular formula is C17H27N3OS. The Bertz CT molecular complexity index is 528. The quantitative estimate of drug-likeness (QED) is 0.849. The summed E-state index contributed by atoms with van der Waals surface area (Å²) in [4.78, 5) is 21.6. The summed E-state index contributed by atoms with van der Waals surface area (Å²) in [5.41, 5.74) is 0. The van der Waals surface area contributed by atoms with Crippen molar-refractivity contribution in [2.75, 3.05) is 40.3 Å². The van der Waals surface area contributed by atoms with Crippen molar-refractivity contribution in [2.45, 2.75) is 32.4 Å². The van der Waals surface area contributed by atoms with Crippen LogP contribution in [0.4, 0.5) is 0 Å². The number of carbonyl (C=O) groups excluding carboxylic acids is 1. The molecule has 122 valence electrons. The SMILES string of the molecule is Cc1ccc(CN2C[C@@H]3CC[C@H]2CN(CC(=O)N(C)C)C3)s1. The van der Waals surface area contributed by atoms with Crippen LogP contribution in [0.2, 0.25) is 0 Å². The number of nitrogens with zero attached hydrogens (tertiary/aromatic N) is 3. The summed E-state index contributed by atoms with van der Waals surface area (Å²) >= 11 is 1.91. The van der Waals surface area contributed by atoms with Crippen molar-refractivity contribution in [1.82, 2.24) is 14.7 Å². The van der Waals surface area contributed by atoms with Gasteiger partial charge in [0.05, 0.1) is 6.54 Å². The molecule has 0 saturated carbocycles. The van der Waals surface area contributed by atoms with Crippen molar-refractivity contribution in [2.24, 2.45) is 5.92 Å². The molecule has 2 bridgehead atoms. The molecule has 1 aromatic rings. The summed E-state index contributed by atoms with van der Waals surface area (Å²) in [5.74, 6) is 0.941. The Labute approximate surface area is 137 Å². The van der Waals surface area contributed by atoms with E-state index in [1.807, 2.05) is 25.4 Å². The van der Waals surface area contributed by atoms with Gasteiger partial charge in [-0.15, -0.1) is 11.3 Å². The lowest BCUT2D eigenvalue weighted by molar-refractivity contribution is -0.130. The van der Waals surface area contributed by atoms with Crippen LogP contribution in [-0.4, -0.2) is 66.9 Å². The first-order chi connectivity index (χ1) is 10.5. The highest BCUT2D eigenvalue weighted by atomic mass is 32.1. The molecule has 0 radical (unpaired) electrons. The second-order valence-corrected chi connectivity index (χ2v) is 8.39. The minimum Gasteiger partial charge on any atom is -0.348 e. The van der Waals surface area contributed by atoms with Gasteiger partial charge in [0.25, 0.3) is 0 Å². The Hall–Kier alpha value is -0.910. The first-order valence-corrected chi connectivity index (χ1v) is 9.05. The summed E-state index contributed by atoms with van der Waals surface area (Å²) in [6, 6.07) is 5.10. The average Bonchev–Trinajstić information content (AvgIpc) is 2.68. The number of hydrogen-bond acceptors (Lipinski definition) is 4. The van der Waals surface area contributed by atoms with Crippen LogP contribution in [0.25, 0.3) is 0 Å². The second kappa shape index (κ2) is 6.69. The van der Waals surface area contributed by atoms with Gasteiger partial charge in [-0.2, -0.15) is 0 Å². The Morgan fingerprint density at radius 1 is 1.27 bits per heavy atom. The average molecular weight is 321 g/mol. The third-order valence-electron chi connectivity index (χ3n) is 4.92. The molecule has 1 aromatic heterocycles. The number of amides is 1. The molecule has 3 aliphatic rings. The lowest BCUT2D eigenvalue weighted by Crippen LogP contribution is -2.44. The van der Waals surface area contributed by atoms with Crippen LogP contribution >= 0.6 is 11.3 Å². The smallest absolute Gasteiger partial charge is 0.236 e. The number of piperidine rings is 1. The zero-order valence-electron chi connectivity index (χ0n) is 13.9. The molecule has 0 N–H and O–H groups in total. The summed E-state index contributed by atoms with van der Waals surface area (Å²) < 4.78 is 0. The van der Waals surface area contributed by atoms with E-state index in [1.165, 1.54) is 29.1 Å². The Balaban J connectivity index is 1.64. The normalized spacial score (nSPS) is 26.1. The van der Waals surface area contributed by atoms with Crippen LogP contribution < -0.4 is 0 Å². The molecule has 3 aliphatic heterocycles. The molecule has 4 rings (SSSR count). The molecule has 22 heavy (non-hydrogen) atoms. The highest BCUT2D eigenvalue weighted by Crippen LogP contribution is 2.30. The highest BCUT2D eigenvalue weighted by Gasteiger charge is 2.35. The molecule has 1 amide bonds. The molecular weight excluding hydrogens is 294 g/mol. The van der Waals surface area contributed by atoms with E-state index in [0.29, 0.717) is 12.6 Å². The van der Waals surface area contributed by atoms with Crippen molar-refractivity contribution >= 4 is 17.2 Å². The maximum absolute atomic E-state index is 12.0. The van der Waals surface area contributed by atoms with E-state index >= 15 is 0 Å². The first kappa shape index (κ1) is 16.0. The Morgan fingerprint density at radius 2 is 2.09 bits per heavy atom. The molecule has 3 saturated heterocycles. The maximum atomic E-state index is 12.0. The van der Waals surface area contributed by atoms with Crippen LogP contribution in [0.3, 0.4) is 0 Å². The summed E-state index contributed by atoms with van der Waals surface area (Å²) in [5, 5.41) is 0. The lowest BCUT2D eigenvalue weighted by atomic mass is 9.95. The molecule has 2 atom stereocenters. The van der Waals surface area contributed by atoms with Crippen molar-refractivity contribution in [3.05, 3.63) is 21.9 Å². The molecule has 5 heteroatoms. The van der Waals surface area contributed by atoms with Crippen LogP contribution in [0, 0.1) is 12.8 Å². The van der Waals surface area contributed by atoms with Gasteiger partial charge < -0.3 is 4.90 Å². The Kier molecular flexibility index (Phi) is 4.85. The Morgan fingerprint density at radius 3 is 2.77 bits per heavy atom. The van der Waals surface area contributed by atoms with E-state index in [2.05, 4.69) is 28.9 Å². The van der Waals surface area contributed by atoms with E-state index in [4.69, 9.17) is 0 Å². The van der Waals surface area contributed by atoms with Crippen LogP contribution in [0.15, 0.2) is 12.1 Å². The van der Waals surface area contributed by atoms with Crippen LogP contribution in [-0.2, 0) is 11.3 Å². The minimum atomic E-state index is 0.224. The number of rotatable bonds is 4. The molecule has 3 fully saturated rings. The van der Waals surface area contributed by atoms with Gasteiger partial charge in [-0.05, 0) is 37.8 Å². The zero-order chi connectivity index (χ0) is 15.7. The number of fused-ring (bicyclic) bond motifs is 4. The number of aryl methyl sites for hydroxylation is 1. The van der Waals surface area contributed by atoms with E-state index in [-0.39, 0.29) is 5.91 Å². The zero-order valence-corrected chi connectivity index (χ0v) is 14.7. The van der Waals surface area contributed by atoms with Crippen molar-refractivity contribution in [1.29, 1.82) is 0 Å². The highest BCUT2D eigenvalue weighted by molar-refractivity contribution is 7.11. The van der Waals surface area contributed by atoms with Gasteiger partial charge >= 0.3 is 0 Å². The van der Waals surface area contributed by atoms with Gasteiger partial charge in [0.1, 0.15) is 0 Å². The van der Waals surface area contributed by atoms with Crippen LogP contribution in [0.5, 0.6) is 0 Å². The molecule has 0 unspecified atom stereocenters. The van der Waals surface area contributed by atoms with Gasteiger partial charge in [-0.25, -0.2) is 0 Å². The predicted molar refractivity (Wildman–Crippen MR) is 91.1 cm³/mol. The fourth-order valence-corrected chi connectivity index (χ4v) is 4.62. The molecule has 0 spiro atoms. The largest absolute Gasteiger partial charge is 0.348 e. The van der Waals surface area contributed by atoms with E-state index < -0.39 is 0 Å². The van der Waals surface area contributed by atoms with Crippen molar-refractivity contribution < 1.29 is 4.79 Å². The minimum absolute atomic E-state index is 0.224.